The smallest absolute Gasteiger partial charge is 0.224 e. The van der Waals surface area contributed by atoms with E-state index in [1.165, 1.54) is 0 Å². The number of hydrogen-bond donors (Lipinski definition) is 0. The first kappa shape index (κ1) is 14.9. The summed E-state index contributed by atoms with van der Waals surface area (Å²) in [6.45, 7) is 4.34. The highest BCUT2D eigenvalue weighted by molar-refractivity contribution is 7.18. The van der Waals surface area contributed by atoms with Crippen LogP contribution in [-0.2, 0) is 11.8 Å². The van der Waals surface area contributed by atoms with E-state index in [4.69, 9.17) is 16.3 Å². The molecule has 4 rings (SSSR count). The van der Waals surface area contributed by atoms with Crippen LogP contribution in [0.1, 0.15) is 6.92 Å². The highest BCUT2D eigenvalue weighted by atomic mass is 35.5. The van der Waals surface area contributed by atoms with Crippen LogP contribution in [0.3, 0.4) is 0 Å². The Bertz CT molecular complexity index is 861. The fraction of sp³-hybridized carbons (Fsp3) is 0.400. The molecule has 6 nitrogen and oxygen atoms in total. The van der Waals surface area contributed by atoms with Crippen LogP contribution in [0.15, 0.2) is 17.6 Å². The number of anilines is 1. The SMILES string of the molecule is C[C@@H]1COCCN1c1nc(Cl)nc2c(-c3ccn(C)n3)csc12. The first-order chi connectivity index (χ1) is 11.1. The maximum atomic E-state index is 6.21. The van der Waals surface area contributed by atoms with Crippen LogP contribution in [-0.4, -0.2) is 45.5 Å². The van der Waals surface area contributed by atoms with Crippen LogP contribution in [0.2, 0.25) is 5.28 Å². The maximum Gasteiger partial charge on any atom is 0.224 e. The van der Waals surface area contributed by atoms with E-state index >= 15 is 0 Å². The van der Waals surface area contributed by atoms with Gasteiger partial charge in [0.2, 0.25) is 5.28 Å². The van der Waals surface area contributed by atoms with Gasteiger partial charge in [0, 0.05) is 30.7 Å². The molecular formula is C15H16ClN5OS. The zero-order chi connectivity index (χ0) is 16.0. The second-order valence-corrected chi connectivity index (χ2v) is 6.85. The molecule has 0 amide bonds. The molecule has 0 unspecified atom stereocenters. The molecular weight excluding hydrogens is 334 g/mol. The summed E-state index contributed by atoms with van der Waals surface area (Å²) < 4.78 is 8.36. The van der Waals surface area contributed by atoms with Crippen molar-refractivity contribution in [1.82, 2.24) is 19.7 Å². The molecule has 1 saturated heterocycles. The number of ether oxygens (including phenoxy) is 1. The van der Waals surface area contributed by atoms with Crippen molar-refractivity contribution in [3.63, 3.8) is 0 Å². The van der Waals surface area contributed by atoms with Gasteiger partial charge in [-0.05, 0) is 24.6 Å². The number of nitrogens with zero attached hydrogens (tertiary/aromatic N) is 5. The third kappa shape index (κ3) is 2.58. The minimum absolute atomic E-state index is 0.262. The zero-order valence-corrected chi connectivity index (χ0v) is 14.4. The van der Waals surface area contributed by atoms with E-state index in [9.17, 15) is 0 Å². The van der Waals surface area contributed by atoms with Crippen molar-refractivity contribution in [2.75, 3.05) is 24.7 Å². The summed E-state index contributed by atoms with van der Waals surface area (Å²) >= 11 is 7.84. The summed E-state index contributed by atoms with van der Waals surface area (Å²) in [4.78, 5) is 11.2. The first-order valence-electron chi connectivity index (χ1n) is 7.42. The molecule has 0 aliphatic carbocycles. The summed E-state index contributed by atoms with van der Waals surface area (Å²) in [5.41, 5.74) is 2.76. The van der Waals surface area contributed by atoms with Crippen molar-refractivity contribution >= 4 is 39.0 Å². The van der Waals surface area contributed by atoms with Gasteiger partial charge >= 0.3 is 0 Å². The largest absolute Gasteiger partial charge is 0.377 e. The van der Waals surface area contributed by atoms with Gasteiger partial charge < -0.3 is 9.64 Å². The van der Waals surface area contributed by atoms with E-state index in [0.717, 1.165) is 33.8 Å². The molecule has 23 heavy (non-hydrogen) atoms. The van der Waals surface area contributed by atoms with Crippen LogP contribution >= 0.6 is 22.9 Å². The van der Waals surface area contributed by atoms with Gasteiger partial charge in [0.05, 0.1) is 35.2 Å². The third-order valence-corrected chi connectivity index (χ3v) is 5.13. The summed E-state index contributed by atoms with van der Waals surface area (Å²) in [5.74, 6) is 0.892. The molecule has 0 saturated carbocycles. The van der Waals surface area contributed by atoms with Gasteiger partial charge in [0.25, 0.3) is 0 Å². The molecule has 0 aromatic carbocycles. The molecule has 0 N–H and O–H groups in total. The molecule has 0 bridgehead atoms. The number of rotatable bonds is 2. The van der Waals surface area contributed by atoms with Gasteiger partial charge in [-0.1, -0.05) is 0 Å². The lowest BCUT2D eigenvalue weighted by Gasteiger charge is -2.34. The Kier molecular flexibility index (Phi) is 3.71. The van der Waals surface area contributed by atoms with Crippen molar-refractivity contribution in [3.8, 4) is 11.3 Å². The quantitative estimate of drug-likeness (QED) is 0.666. The first-order valence-corrected chi connectivity index (χ1v) is 8.68. The van der Waals surface area contributed by atoms with E-state index in [0.29, 0.717) is 13.2 Å². The lowest BCUT2D eigenvalue weighted by atomic mass is 10.2. The summed E-state index contributed by atoms with van der Waals surface area (Å²) in [6.07, 6.45) is 1.92. The predicted octanol–water partition coefficient (Wildman–Crippen LogP) is 2.97. The fourth-order valence-electron chi connectivity index (χ4n) is 2.85. The highest BCUT2D eigenvalue weighted by Crippen LogP contribution is 2.38. The van der Waals surface area contributed by atoms with Crippen LogP contribution in [0.25, 0.3) is 21.5 Å². The molecule has 0 spiro atoms. The Balaban J connectivity index is 1.88. The average molecular weight is 350 g/mol. The van der Waals surface area contributed by atoms with Crippen LogP contribution < -0.4 is 4.90 Å². The number of aromatic nitrogens is 4. The predicted molar refractivity (Wildman–Crippen MR) is 92.3 cm³/mol. The van der Waals surface area contributed by atoms with Crippen molar-refractivity contribution in [1.29, 1.82) is 0 Å². The molecule has 3 aromatic heterocycles. The van der Waals surface area contributed by atoms with E-state index in [-0.39, 0.29) is 11.3 Å². The second-order valence-electron chi connectivity index (χ2n) is 5.64. The van der Waals surface area contributed by atoms with Crippen LogP contribution in [0, 0.1) is 0 Å². The number of aryl methyl sites for hydroxylation is 1. The van der Waals surface area contributed by atoms with Gasteiger partial charge in [-0.2, -0.15) is 10.1 Å². The lowest BCUT2D eigenvalue weighted by molar-refractivity contribution is 0.0987. The van der Waals surface area contributed by atoms with Crippen LogP contribution in [0.5, 0.6) is 0 Å². The summed E-state index contributed by atoms with van der Waals surface area (Å²) in [5, 5.41) is 6.82. The summed E-state index contributed by atoms with van der Waals surface area (Å²) in [7, 11) is 1.90. The zero-order valence-electron chi connectivity index (χ0n) is 12.9. The molecule has 4 heterocycles. The van der Waals surface area contributed by atoms with Crippen molar-refractivity contribution in [3.05, 3.63) is 22.9 Å². The minimum Gasteiger partial charge on any atom is -0.377 e. The van der Waals surface area contributed by atoms with Crippen LogP contribution in [0.4, 0.5) is 5.82 Å². The van der Waals surface area contributed by atoms with Gasteiger partial charge in [0.1, 0.15) is 0 Å². The number of halogens is 1. The molecule has 0 radical (unpaired) electrons. The Hall–Kier alpha value is -1.70. The number of hydrogen-bond acceptors (Lipinski definition) is 6. The molecule has 1 aliphatic rings. The average Bonchev–Trinajstić information content (AvgIpc) is 3.13. The van der Waals surface area contributed by atoms with Crippen molar-refractivity contribution in [2.45, 2.75) is 13.0 Å². The molecule has 8 heteroatoms. The van der Waals surface area contributed by atoms with E-state index in [1.54, 1.807) is 16.0 Å². The monoisotopic (exact) mass is 349 g/mol. The van der Waals surface area contributed by atoms with Gasteiger partial charge in [-0.15, -0.1) is 11.3 Å². The number of fused-ring (bicyclic) bond motifs is 1. The fourth-order valence-corrected chi connectivity index (χ4v) is 4.02. The molecule has 1 fully saturated rings. The molecule has 1 aliphatic heterocycles. The standard InChI is InChI=1S/C15H16ClN5OS/c1-9-7-22-6-5-21(9)14-13-12(17-15(16)18-14)10(8-23-13)11-3-4-20(2)19-11/h3-4,8-9H,5-7H2,1-2H3/t9-/m1/s1. The Labute approximate surface area is 142 Å². The molecule has 3 aromatic rings. The lowest BCUT2D eigenvalue weighted by Crippen LogP contribution is -2.44. The van der Waals surface area contributed by atoms with E-state index in [2.05, 4.69) is 32.3 Å². The normalized spacial score (nSPS) is 18.7. The van der Waals surface area contributed by atoms with Gasteiger partial charge in [0.15, 0.2) is 5.82 Å². The van der Waals surface area contributed by atoms with Crippen molar-refractivity contribution in [2.24, 2.45) is 7.05 Å². The van der Waals surface area contributed by atoms with Gasteiger partial charge in [-0.25, -0.2) is 4.98 Å². The Morgan fingerprint density at radius 2 is 2.26 bits per heavy atom. The maximum absolute atomic E-state index is 6.21. The van der Waals surface area contributed by atoms with Gasteiger partial charge in [-0.3, -0.25) is 4.68 Å². The van der Waals surface area contributed by atoms with E-state index < -0.39 is 0 Å². The molecule has 120 valence electrons. The highest BCUT2D eigenvalue weighted by Gasteiger charge is 2.25. The van der Waals surface area contributed by atoms with Crippen molar-refractivity contribution < 1.29 is 4.74 Å². The minimum atomic E-state index is 0.262. The molecule has 1 atom stereocenters. The summed E-state index contributed by atoms with van der Waals surface area (Å²) in [6, 6.07) is 2.24. The Morgan fingerprint density at radius 3 is 3.00 bits per heavy atom. The van der Waals surface area contributed by atoms with E-state index in [1.807, 2.05) is 19.3 Å². The topological polar surface area (TPSA) is 56.1 Å². The second kappa shape index (κ2) is 5.74. The third-order valence-electron chi connectivity index (χ3n) is 4.00. The Morgan fingerprint density at radius 1 is 1.39 bits per heavy atom. The number of morpholine rings is 1. The number of thiophene rings is 1.